The van der Waals surface area contributed by atoms with Gasteiger partial charge in [-0.05, 0) is 31.0 Å². The third-order valence-corrected chi connectivity index (χ3v) is 3.23. The number of aromatic hydroxyl groups is 1. The molecular formula is C16H26O2. The lowest BCUT2D eigenvalue weighted by molar-refractivity contribution is 0.0627. The molecule has 1 aromatic rings. The van der Waals surface area contributed by atoms with Crippen LogP contribution in [0.5, 0.6) is 5.75 Å². The molecule has 0 aliphatic heterocycles. The van der Waals surface area contributed by atoms with Crippen LogP contribution in [-0.4, -0.2) is 11.7 Å². The Labute approximate surface area is 111 Å². The van der Waals surface area contributed by atoms with Gasteiger partial charge in [0.05, 0.1) is 6.10 Å². The van der Waals surface area contributed by atoms with E-state index in [1.54, 1.807) is 12.1 Å². The number of hydrogen-bond acceptors (Lipinski definition) is 2. The maximum atomic E-state index is 9.21. The molecule has 1 rings (SSSR count). The van der Waals surface area contributed by atoms with E-state index in [0.29, 0.717) is 5.75 Å². The summed E-state index contributed by atoms with van der Waals surface area (Å²) >= 11 is 0. The lowest BCUT2D eigenvalue weighted by Gasteiger charge is -2.13. The molecule has 1 atom stereocenters. The van der Waals surface area contributed by atoms with Gasteiger partial charge in [0.25, 0.3) is 0 Å². The quantitative estimate of drug-likeness (QED) is 0.636. The first-order chi connectivity index (χ1) is 8.74. The zero-order valence-corrected chi connectivity index (χ0v) is 11.7. The van der Waals surface area contributed by atoms with Gasteiger partial charge in [-0.25, -0.2) is 0 Å². The van der Waals surface area contributed by atoms with Crippen molar-refractivity contribution in [3.63, 3.8) is 0 Å². The molecule has 1 N–H and O–H groups in total. The van der Waals surface area contributed by atoms with Gasteiger partial charge in [-0.1, -0.05) is 51.2 Å². The topological polar surface area (TPSA) is 29.5 Å². The summed E-state index contributed by atoms with van der Waals surface area (Å²) in [6.45, 7) is 5.13. The predicted octanol–water partition coefficient (Wildman–Crippen LogP) is 4.83. The number of unbranched alkanes of at least 4 members (excludes halogenated alkanes) is 5. The second-order valence-electron chi connectivity index (χ2n) is 4.87. The number of rotatable bonds is 9. The lowest BCUT2D eigenvalue weighted by Crippen LogP contribution is -2.01. The van der Waals surface area contributed by atoms with Crippen LogP contribution >= 0.6 is 0 Å². The highest BCUT2D eigenvalue weighted by atomic mass is 16.5. The number of ether oxygens (including phenoxy) is 1. The molecule has 0 amide bonds. The minimum absolute atomic E-state index is 0.112. The Bertz CT molecular complexity index is 305. The monoisotopic (exact) mass is 250 g/mol. The van der Waals surface area contributed by atoms with Crippen LogP contribution in [0.3, 0.4) is 0 Å². The van der Waals surface area contributed by atoms with Crippen molar-refractivity contribution in [3.05, 3.63) is 29.8 Å². The zero-order valence-electron chi connectivity index (χ0n) is 11.7. The Morgan fingerprint density at radius 3 is 2.28 bits per heavy atom. The summed E-state index contributed by atoms with van der Waals surface area (Å²) < 4.78 is 5.79. The van der Waals surface area contributed by atoms with Crippen LogP contribution in [0, 0.1) is 0 Å². The standard InChI is InChI=1S/C16H26O2/c1-3-4-5-6-7-8-13-18-14(2)15-9-11-16(17)12-10-15/h9-12,14,17H,3-8,13H2,1-2H3. The van der Waals surface area contributed by atoms with E-state index in [4.69, 9.17) is 4.74 Å². The Morgan fingerprint density at radius 2 is 1.61 bits per heavy atom. The molecule has 0 saturated carbocycles. The lowest BCUT2D eigenvalue weighted by atomic mass is 10.1. The number of phenols is 1. The first-order valence-electron chi connectivity index (χ1n) is 7.14. The van der Waals surface area contributed by atoms with Crippen LogP contribution in [0.2, 0.25) is 0 Å². The SMILES string of the molecule is CCCCCCCCOC(C)c1ccc(O)cc1. The van der Waals surface area contributed by atoms with Crippen LogP contribution in [0.25, 0.3) is 0 Å². The average Bonchev–Trinajstić information content (AvgIpc) is 2.38. The maximum Gasteiger partial charge on any atom is 0.115 e. The van der Waals surface area contributed by atoms with Crippen molar-refractivity contribution in [2.24, 2.45) is 0 Å². The summed E-state index contributed by atoms with van der Waals surface area (Å²) in [4.78, 5) is 0. The van der Waals surface area contributed by atoms with Gasteiger partial charge in [-0.3, -0.25) is 0 Å². The van der Waals surface area contributed by atoms with Crippen LogP contribution in [-0.2, 0) is 4.74 Å². The van der Waals surface area contributed by atoms with E-state index in [9.17, 15) is 5.11 Å². The first kappa shape index (κ1) is 15.0. The van der Waals surface area contributed by atoms with Crippen molar-refractivity contribution < 1.29 is 9.84 Å². The summed E-state index contributed by atoms with van der Waals surface area (Å²) in [6, 6.07) is 7.25. The van der Waals surface area contributed by atoms with Gasteiger partial charge in [-0.15, -0.1) is 0 Å². The molecule has 0 aromatic heterocycles. The van der Waals surface area contributed by atoms with Crippen LogP contribution in [0.1, 0.15) is 64.0 Å². The zero-order chi connectivity index (χ0) is 13.2. The molecule has 102 valence electrons. The van der Waals surface area contributed by atoms with Crippen molar-refractivity contribution in [2.75, 3.05) is 6.61 Å². The third-order valence-electron chi connectivity index (χ3n) is 3.23. The number of hydrogen-bond donors (Lipinski definition) is 1. The van der Waals surface area contributed by atoms with Crippen molar-refractivity contribution in [2.45, 2.75) is 58.5 Å². The third kappa shape index (κ3) is 6.06. The van der Waals surface area contributed by atoms with Crippen LogP contribution in [0.15, 0.2) is 24.3 Å². The fraction of sp³-hybridized carbons (Fsp3) is 0.625. The molecule has 0 heterocycles. The van der Waals surface area contributed by atoms with E-state index >= 15 is 0 Å². The van der Waals surface area contributed by atoms with Crippen molar-refractivity contribution in [1.29, 1.82) is 0 Å². The Balaban J connectivity index is 2.10. The molecular weight excluding hydrogens is 224 g/mol. The Hall–Kier alpha value is -1.02. The smallest absolute Gasteiger partial charge is 0.115 e. The average molecular weight is 250 g/mol. The molecule has 0 saturated heterocycles. The van der Waals surface area contributed by atoms with Gasteiger partial charge in [0.15, 0.2) is 0 Å². The maximum absolute atomic E-state index is 9.21. The number of phenolic OH excluding ortho intramolecular Hbond substituents is 1. The molecule has 0 bridgehead atoms. The Morgan fingerprint density at radius 1 is 1.00 bits per heavy atom. The van der Waals surface area contributed by atoms with E-state index in [2.05, 4.69) is 13.8 Å². The van der Waals surface area contributed by atoms with Gasteiger partial charge in [0, 0.05) is 6.61 Å². The molecule has 0 spiro atoms. The predicted molar refractivity (Wildman–Crippen MR) is 75.8 cm³/mol. The molecule has 0 aliphatic rings. The summed E-state index contributed by atoms with van der Waals surface area (Å²) in [5.41, 5.74) is 1.12. The van der Waals surface area contributed by atoms with Crippen molar-refractivity contribution in [3.8, 4) is 5.75 Å². The van der Waals surface area contributed by atoms with E-state index in [1.807, 2.05) is 12.1 Å². The van der Waals surface area contributed by atoms with Crippen molar-refractivity contribution in [1.82, 2.24) is 0 Å². The molecule has 0 fully saturated rings. The highest BCUT2D eigenvalue weighted by Crippen LogP contribution is 2.19. The van der Waals surface area contributed by atoms with Gasteiger partial charge < -0.3 is 9.84 Å². The van der Waals surface area contributed by atoms with Crippen LogP contribution < -0.4 is 0 Å². The minimum atomic E-state index is 0.112. The van der Waals surface area contributed by atoms with Crippen LogP contribution in [0.4, 0.5) is 0 Å². The molecule has 18 heavy (non-hydrogen) atoms. The fourth-order valence-electron chi connectivity index (χ4n) is 1.98. The number of benzene rings is 1. The van der Waals surface area contributed by atoms with E-state index in [1.165, 1.54) is 32.1 Å². The van der Waals surface area contributed by atoms with Gasteiger partial charge in [0.1, 0.15) is 5.75 Å². The molecule has 1 aromatic carbocycles. The molecule has 0 aliphatic carbocycles. The second kappa shape index (κ2) is 8.98. The van der Waals surface area contributed by atoms with Crippen molar-refractivity contribution >= 4 is 0 Å². The molecule has 1 unspecified atom stereocenters. The summed E-state index contributed by atoms with van der Waals surface area (Å²) in [6.07, 6.45) is 7.85. The summed E-state index contributed by atoms with van der Waals surface area (Å²) in [5.74, 6) is 0.307. The van der Waals surface area contributed by atoms with E-state index in [0.717, 1.165) is 18.6 Å². The van der Waals surface area contributed by atoms with Gasteiger partial charge in [-0.2, -0.15) is 0 Å². The largest absolute Gasteiger partial charge is 0.508 e. The normalized spacial score (nSPS) is 12.6. The second-order valence-corrected chi connectivity index (χ2v) is 4.87. The minimum Gasteiger partial charge on any atom is -0.508 e. The highest BCUT2D eigenvalue weighted by Gasteiger charge is 2.04. The summed E-state index contributed by atoms with van der Waals surface area (Å²) in [5, 5.41) is 9.21. The molecule has 2 nitrogen and oxygen atoms in total. The molecule has 2 heteroatoms. The highest BCUT2D eigenvalue weighted by molar-refractivity contribution is 5.26. The first-order valence-corrected chi connectivity index (χ1v) is 7.14. The molecule has 0 radical (unpaired) electrons. The van der Waals surface area contributed by atoms with E-state index in [-0.39, 0.29) is 6.10 Å². The fourth-order valence-corrected chi connectivity index (χ4v) is 1.98. The van der Waals surface area contributed by atoms with Gasteiger partial charge >= 0.3 is 0 Å². The van der Waals surface area contributed by atoms with E-state index < -0.39 is 0 Å². The van der Waals surface area contributed by atoms with Gasteiger partial charge in [0.2, 0.25) is 0 Å². The summed E-state index contributed by atoms with van der Waals surface area (Å²) in [7, 11) is 0. The Kier molecular flexibility index (Phi) is 7.51.